The van der Waals surface area contributed by atoms with Crippen LogP contribution in [0.3, 0.4) is 0 Å². The van der Waals surface area contributed by atoms with Gasteiger partial charge in [-0.25, -0.2) is 4.98 Å². The van der Waals surface area contributed by atoms with Crippen molar-refractivity contribution in [3.63, 3.8) is 0 Å². The normalized spacial score (nSPS) is 21.1. The monoisotopic (exact) mass is 392 g/mol. The fourth-order valence-corrected chi connectivity index (χ4v) is 3.06. The summed E-state index contributed by atoms with van der Waals surface area (Å²) in [7, 11) is 0. The number of aliphatic hydroxyl groups excluding tert-OH is 1. The van der Waals surface area contributed by atoms with E-state index in [1.807, 2.05) is 0 Å². The second-order valence-corrected chi connectivity index (χ2v) is 6.31. The van der Waals surface area contributed by atoms with Crippen LogP contribution in [-0.2, 0) is 16.1 Å². The Morgan fingerprint density at radius 1 is 1.39 bits per heavy atom. The number of H-pyrrole nitrogens is 1. The molecule has 5 N–H and O–H groups in total. The molecule has 1 aliphatic rings. The number of nitrogens with one attached hydrogen (secondary N) is 3. The molecule has 0 bridgehead atoms. The highest BCUT2D eigenvalue weighted by atomic mass is 16.3. The van der Waals surface area contributed by atoms with Gasteiger partial charge in [0.05, 0.1) is 24.3 Å². The van der Waals surface area contributed by atoms with E-state index in [0.29, 0.717) is 37.9 Å². The fraction of sp³-hybridized carbons (Fsp3) is 0.471. The van der Waals surface area contributed by atoms with E-state index in [1.165, 1.54) is 6.33 Å². The lowest BCUT2D eigenvalue weighted by molar-refractivity contribution is -0.127. The Morgan fingerprint density at radius 3 is 2.79 bits per heavy atom. The standard InChI is InChI=1S/C16H22N6O3.CH2O2/c23-14-7-11(15(24)19-5-6-22-10-18-9-20-22)1-2-13(14)21-16(25)12-3-4-17-8-12;2-1-3/h3-4,8-11,13-14,17,23H,1-2,5-7H2,(H,19,24)(H,21,25);1H,(H,2,3)/t11-,13+,14+;/m0./s1. The van der Waals surface area contributed by atoms with Gasteiger partial charge in [-0.15, -0.1) is 0 Å². The van der Waals surface area contributed by atoms with Crippen molar-refractivity contribution in [2.24, 2.45) is 5.92 Å². The molecule has 28 heavy (non-hydrogen) atoms. The highest BCUT2D eigenvalue weighted by molar-refractivity contribution is 5.94. The molecule has 3 atom stereocenters. The summed E-state index contributed by atoms with van der Waals surface area (Å²) in [5, 5.41) is 26.8. The molecule has 11 nitrogen and oxygen atoms in total. The van der Waals surface area contributed by atoms with Gasteiger partial charge in [0, 0.05) is 24.9 Å². The van der Waals surface area contributed by atoms with Gasteiger partial charge in [0.1, 0.15) is 12.7 Å². The third-order valence-corrected chi connectivity index (χ3v) is 4.47. The Morgan fingerprint density at radius 2 is 2.18 bits per heavy atom. The highest BCUT2D eigenvalue weighted by Gasteiger charge is 2.33. The molecule has 2 aromatic heterocycles. The largest absolute Gasteiger partial charge is 0.483 e. The molecule has 0 saturated heterocycles. The second-order valence-electron chi connectivity index (χ2n) is 6.31. The van der Waals surface area contributed by atoms with E-state index in [2.05, 4.69) is 25.7 Å². The molecule has 0 unspecified atom stereocenters. The molecule has 0 radical (unpaired) electrons. The molecule has 1 saturated carbocycles. The van der Waals surface area contributed by atoms with Crippen LogP contribution in [0.5, 0.6) is 0 Å². The molecule has 1 aliphatic carbocycles. The maximum atomic E-state index is 12.2. The Kier molecular flexibility index (Phi) is 8.15. The summed E-state index contributed by atoms with van der Waals surface area (Å²) in [5.74, 6) is -0.540. The van der Waals surface area contributed by atoms with E-state index in [1.54, 1.807) is 29.5 Å². The van der Waals surface area contributed by atoms with Crippen LogP contribution < -0.4 is 10.6 Å². The Labute approximate surface area is 161 Å². The summed E-state index contributed by atoms with van der Waals surface area (Å²) in [5.41, 5.74) is 0.528. The summed E-state index contributed by atoms with van der Waals surface area (Å²) in [6.07, 6.45) is 7.12. The molecular formula is C17H24N6O5. The zero-order chi connectivity index (χ0) is 20.4. The number of hydrogen-bond acceptors (Lipinski definition) is 6. The Bertz CT molecular complexity index is 733. The van der Waals surface area contributed by atoms with Crippen molar-refractivity contribution in [3.8, 4) is 0 Å². The first-order chi connectivity index (χ1) is 13.5. The smallest absolute Gasteiger partial charge is 0.290 e. The average Bonchev–Trinajstić information content (AvgIpc) is 3.37. The van der Waals surface area contributed by atoms with Crippen LogP contribution in [-0.4, -0.2) is 66.9 Å². The molecular weight excluding hydrogens is 368 g/mol. The van der Waals surface area contributed by atoms with E-state index in [-0.39, 0.29) is 30.2 Å². The summed E-state index contributed by atoms with van der Waals surface area (Å²) in [6.45, 7) is 0.763. The van der Waals surface area contributed by atoms with Crippen molar-refractivity contribution in [2.75, 3.05) is 6.54 Å². The van der Waals surface area contributed by atoms with Gasteiger partial charge in [-0.1, -0.05) is 0 Å². The first-order valence-electron chi connectivity index (χ1n) is 8.84. The number of hydrogen-bond donors (Lipinski definition) is 5. The maximum absolute atomic E-state index is 12.2. The third-order valence-electron chi connectivity index (χ3n) is 4.47. The van der Waals surface area contributed by atoms with Gasteiger partial charge in [-0.3, -0.25) is 19.1 Å². The van der Waals surface area contributed by atoms with Crippen LogP contribution in [0.1, 0.15) is 29.6 Å². The number of aliphatic hydroxyl groups is 1. The number of aromatic amines is 1. The van der Waals surface area contributed by atoms with Crippen molar-refractivity contribution in [1.82, 2.24) is 30.4 Å². The lowest BCUT2D eigenvalue weighted by Gasteiger charge is -2.32. The maximum Gasteiger partial charge on any atom is 0.290 e. The molecule has 0 aromatic carbocycles. The minimum Gasteiger partial charge on any atom is -0.483 e. The summed E-state index contributed by atoms with van der Waals surface area (Å²) in [6, 6.07) is 1.34. The molecule has 1 fully saturated rings. The minimum atomic E-state index is -0.734. The fourth-order valence-electron chi connectivity index (χ4n) is 3.06. The molecule has 2 aromatic rings. The molecule has 0 aliphatic heterocycles. The average molecular weight is 392 g/mol. The number of aromatic nitrogens is 4. The van der Waals surface area contributed by atoms with Crippen molar-refractivity contribution in [3.05, 3.63) is 36.7 Å². The quantitative estimate of drug-likeness (QED) is 0.409. The number of rotatable bonds is 6. The molecule has 11 heteroatoms. The van der Waals surface area contributed by atoms with E-state index >= 15 is 0 Å². The number of nitrogens with zero attached hydrogens (tertiary/aromatic N) is 3. The summed E-state index contributed by atoms with van der Waals surface area (Å²) < 4.78 is 1.64. The molecule has 2 amide bonds. The van der Waals surface area contributed by atoms with Crippen LogP contribution in [0, 0.1) is 5.92 Å². The lowest BCUT2D eigenvalue weighted by Crippen LogP contribution is -2.49. The molecule has 0 spiro atoms. The second kappa shape index (κ2) is 10.8. The van der Waals surface area contributed by atoms with Gasteiger partial charge >= 0.3 is 0 Å². The number of carbonyl (C=O) groups excluding carboxylic acids is 2. The van der Waals surface area contributed by atoms with Crippen molar-refractivity contribution < 1.29 is 24.6 Å². The number of carboxylic acid groups (broad SMARTS) is 1. The zero-order valence-corrected chi connectivity index (χ0v) is 15.2. The third kappa shape index (κ3) is 6.20. The van der Waals surface area contributed by atoms with Gasteiger partial charge < -0.3 is 25.8 Å². The van der Waals surface area contributed by atoms with Crippen LogP contribution in [0.2, 0.25) is 0 Å². The zero-order valence-electron chi connectivity index (χ0n) is 15.2. The number of amides is 2. The Balaban J connectivity index is 0.000000878. The lowest BCUT2D eigenvalue weighted by atomic mass is 9.83. The van der Waals surface area contributed by atoms with E-state index in [4.69, 9.17) is 9.90 Å². The number of carbonyl (C=O) groups is 3. The van der Waals surface area contributed by atoms with Crippen LogP contribution in [0.15, 0.2) is 31.1 Å². The van der Waals surface area contributed by atoms with Gasteiger partial charge in [-0.05, 0) is 25.3 Å². The van der Waals surface area contributed by atoms with Crippen molar-refractivity contribution in [1.29, 1.82) is 0 Å². The topological polar surface area (TPSA) is 162 Å². The first kappa shape index (κ1) is 21.1. The van der Waals surface area contributed by atoms with Gasteiger partial charge in [0.15, 0.2) is 0 Å². The first-order valence-corrected chi connectivity index (χ1v) is 8.84. The predicted octanol–water partition coefficient (Wildman–Crippen LogP) is -0.617. The van der Waals surface area contributed by atoms with Gasteiger partial charge in [-0.2, -0.15) is 5.10 Å². The molecule has 152 valence electrons. The van der Waals surface area contributed by atoms with E-state index in [0.717, 1.165) is 0 Å². The molecule has 2 heterocycles. The highest BCUT2D eigenvalue weighted by Crippen LogP contribution is 2.25. The summed E-state index contributed by atoms with van der Waals surface area (Å²) in [4.78, 5) is 39.3. The van der Waals surface area contributed by atoms with Crippen molar-refractivity contribution in [2.45, 2.75) is 38.0 Å². The SMILES string of the molecule is O=C(N[C@@H]1CC[C@H](C(=O)NCCn2cncn2)C[C@H]1O)c1cc[nH]c1.O=CO. The summed E-state index contributed by atoms with van der Waals surface area (Å²) >= 11 is 0. The van der Waals surface area contributed by atoms with Gasteiger partial charge in [0.25, 0.3) is 12.4 Å². The predicted molar refractivity (Wildman–Crippen MR) is 97.1 cm³/mol. The van der Waals surface area contributed by atoms with E-state index < -0.39 is 6.10 Å². The Hall–Kier alpha value is -3.21. The van der Waals surface area contributed by atoms with Crippen LogP contribution in [0.25, 0.3) is 0 Å². The van der Waals surface area contributed by atoms with Crippen LogP contribution >= 0.6 is 0 Å². The van der Waals surface area contributed by atoms with Crippen molar-refractivity contribution >= 4 is 18.3 Å². The van der Waals surface area contributed by atoms with Gasteiger partial charge in [0.2, 0.25) is 5.91 Å². The van der Waals surface area contributed by atoms with Crippen LogP contribution in [0.4, 0.5) is 0 Å². The minimum absolute atomic E-state index is 0.0745. The molecule has 3 rings (SSSR count). The van der Waals surface area contributed by atoms with E-state index in [9.17, 15) is 14.7 Å².